The van der Waals surface area contributed by atoms with Crippen LogP contribution in [0.4, 0.5) is 0 Å². The summed E-state index contributed by atoms with van der Waals surface area (Å²) in [6.45, 7) is 1.96. The summed E-state index contributed by atoms with van der Waals surface area (Å²) >= 11 is 0. The van der Waals surface area contributed by atoms with E-state index in [1.165, 1.54) is 37.8 Å². The average Bonchev–Trinajstić information content (AvgIpc) is 2.56. The van der Waals surface area contributed by atoms with Crippen molar-refractivity contribution < 1.29 is 0 Å². The maximum absolute atomic E-state index is 3.53. The predicted octanol–water partition coefficient (Wildman–Crippen LogP) is 2.77. The van der Waals surface area contributed by atoms with Crippen molar-refractivity contribution in [2.24, 2.45) is 0 Å². The Balaban J connectivity index is 1.74. The first-order valence-electron chi connectivity index (χ1n) is 5.95. The first-order chi connectivity index (χ1) is 7.45. The molecule has 0 bridgehead atoms. The van der Waals surface area contributed by atoms with E-state index in [2.05, 4.69) is 40.7 Å². The zero-order valence-corrected chi connectivity index (χ0v) is 9.28. The highest BCUT2D eigenvalue weighted by atomic mass is 15.2. The lowest BCUT2D eigenvalue weighted by molar-refractivity contribution is 0.386. The molecule has 82 valence electrons. The summed E-state index contributed by atoms with van der Waals surface area (Å²) in [5.41, 5.74) is 1.44. The first-order valence-corrected chi connectivity index (χ1v) is 5.95. The lowest BCUT2D eigenvalue weighted by Gasteiger charge is -2.22. The summed E-state index contributed by atoms with van der Waals surface area (Å²) in [7, 11) is 0. The summed E-state index contributed by atoms with van der Waals surface area (Å²) < 4.78 is 0. The molecule has 1 heterocycles. The van der Waals surface area contributed by atoms with Gasteiger partial charge in [0.15, 0.2) is 0 Å². The second kappa shape index (κ2) is 5.64. The maximum Gasteiger partial charge on any atom is 0.0871 e. The molecule has 0 aromatic heterocycles. The minimum Gasteiger partial charge on any atom is -0.371 e. The third-order valence-corrected chi connectivity index (χ3v) is 2.93. The minimum atomic E-state index is 0.937. The zero-order valence-electron chi connectivity index (χ0n) is 9.28. The normalized spacial score (nSPS) is 21.1. The summed E-state index contributed by atoms with van der Waals surface area (Å²) in [6.07, 6.45) is 17.4. The van der Waals surface area contributed by atoms with Crippen LogP contribution in [0.1, 0.15) is 32.1 Å². The summed E-state index contributed by atoms with van der Waals surface area (Å²) in [5, 5.41) is 3.53. The van der Waals surface area contributed by atoms with Gasteiger partial charge < -0.3 is 10.2 Å². The molecule has 0 unspecified atom stereocenters. The van der Waals surface area contributed by atoms with E-state index in [1.807, 2.05) is 0 Å². The Morgan fingerprint density at radius 2 is 2.20 bits per heavy atom. The standard InChI is InChI=1S/C13H20N2/c1-2-5-9-13(8-4-1)14-12-15-10-6-3-7-11-15/h3,6-8,10,14H,1-2,4-5,9,11-12H2. The van der Waals surface area contributed by atoms with Crippen LogP contribution in [-0.4, -0.2) is 18.1 Å². The van der Waals surface area contributed by atoms with Crippen molar-refractivity contribution in [1.29, 1.82) is 0 Å². The number of hydrogen-bond donors (Lipinski definition) is 1. The van der Waals surface area contributed by atoms with Crippen LogP contribution in [-0.2, 0) is 0 Å². The van der Waals surface area contributed by atoms with E-state index in [4.69, 9.17) is 0 Å². The molecule has 0 saturated carbocycles. The van der Waals surface area contributed by atoms with E-state index in [9.17, 15) is 0 Å². The highest BCUT2D eigenvalue weighted by molar-refractivity contribution is 5.09. The molecule has 2 heteroatoms. The molecular formula is C13H20N2. The van der Waals surface area contributed by atoms with Crippen molar-refractivity contribution in [2.75, 3.05) is 13.2 Å². The van der Waals surface area contributed by atoms with Crippen molar-refractivity contribution in [3.05, 3.63) is 36.2 Å². The van der Waals surface area contributed by atoms with E-state index in [1.54, 1.807) is 0 Å². The number of nitrogens with one attached hydrogen (secondary N) is 1. The van der Waals surface area contributed by atoms with Crippen molar-refractivity contribution in [3.63, 3.8) is 0 Å². The molecule has 0 aromatic rings. The Kier molecular flexibility index (Phi) is 3.89. The van der Waals surface area contributed by atoms with Gasteiger partial charge in [-0.15, -0.1) is 0 Å². The van der Waals surface area contributed by atoms with Gasteiger partial charge in [-0.2, -0.15) is 0 Å². The van der Waals surface area contributed by atoms with Gasteiger partial charge in [-0.3, -0.25) is 0 Å². The summed E-state index contributed by atoms with van der Waals surface area (Å²) in [4.78, 5) is 2.28. The van der Waals surface area contributed by atoms with E-state index < -0.39 is 0 Å². The Morgan fingerprint density at radius 3 is 3.07 bits per heavy atom. The molecular weight excluding hydrogens is 184 g/mol. The monoisotopic (exact) mass is 204 g/mol. The molecule has 2 aliphatic rings. The fraction of sp³-hybridized carbons (Fsp3) is 0.538. The van der Waals surface area contributed by atoms with Crippen LogP contribution >= 0.6 is 0 Å². The fourth-order valence-electron chi connectivity index (χ4n) is 2.00. The van der Waals surface area contributed by atoms with Gasteiger partial charge in [0.05, 0.1) is 6.67 Å². The van der Waals surface area contributed by atoms with Crippen LogP contribution in [0.2, 0.25) is 0 Å². The highest BCUT2D eigenvalue weighted by Crippen LogP contribution is 2.15. The lowest BCUT2D eigenvalue weighted by Crippen LogP contribution is -2.30. The zero-order chi connectivity index (χ0) is 10.3. The molecule has 0 fully saturated rings. The van der Waals surface area contributed by atoms with Gasteiger partial charge in [-0.05, 0) is 31.8 Å². The molecule has 1 N–H and O–H groups in total. The largest absolute Gasteiger partial charge is 0.371 e. The van der Waals surface area contributed by atoms with Crippen LogP contribution in [0.25, 0.3) is 0 Å². The van der Waals surface area contributed by atoms with Crippen LogP contribution in [0, 0.1) is 0 Å². The van der Waals surface area contributed by atoms with Crippen molar-refractivity contribution in [2.45, 2.75) is 32.1 Å². The van der Waals surface area contributed by atoms with E-state index in [0.29, 0.717) is 0 Å². The molecule has 0 radical (unpaired) electrons. The van der Waals surface area contributed by atoms with Gasteiger partial charge in [0, 0.05) is 18.4 Å². The molecule has 15 heavy (non-hydrogen) atoms. The van der Waals surface area contributed by atoms with E-state index >= 15 is 0 Å². The molecule has 1 aliphatic carbocycles. The Hall–Kier alpha value is -1.18. The molecule has 2 rings (SSSR count). The highest BCUT2D eigenvalue weighted by Gasteiger charge is 2.03. The maximum atomic E-state index is 3.53. The van der Waals surface area contributed by atoms with E-state index in [0.717, 1.165) is 13.2 Å². The first kappa shape index (κ1) is 10.3. The second-order valence-corrected chi connectivity index (χ2v) is 4.20. The number of hydrogen-bond acceptors (Lipinski definition) is 2. The Labute approximate surface area is 92.3 Å². The average molecular weight is 204 g/mol. The number of allylic oxidation sites excluding steroid dienone is 4. The number of nitrogens with zero attached hydrogens (tertiary/aromatic N) is 1. The fourth-order valence-corrected chi connectivity index (χ4v) is 2.00. The van der Waals surface area contributed by atoms with Gasteiger partial charge in [-0.1, -0.05) is 24.6 Å². The smallest absolute Gasteiger partial charge is 0.0871 e. The lowest BCUT2D eigenvalue weighted by atomic mass is 10.2. The molecule has 0 atom stereocenters. The van der Waals surface area contributed by atoms with Crippen molar-refractivity contribution in [3.8, 4) is 0 Å². The van der Waals surface area contributed by atoms with Crippen molar-refractivity contribution in [1.82, 2.24) is 10.2 Å². The summed E-state index contributed by atoms with van der Waals surface area (Å²) in [6, 6.07) is 0. The third kappa shape index (κ3) is 3.46. The van der Waals surface area contributed by atoms with Gasteiger partial charge in [0.2, 0.25) is 0 Å². The SMILES string of the molecule is C1=CCN(CNC2=CCCCCC2)C=C1. The molecule has 0 saturated heterocycles. The van der Waals surface area contributed by atoms with Crippen LogP contribution < -0.4 is 5.32 Å². The van der Waals surface area contributed by atoms with Gasteiger partial charge in [0.25, 0.3) is 0 Å². The van der Waals surface area contributed by atoms with Crippen molar-refractivity contribution >= 4 is 0 Å². The molecule has 0 amide bonds. The number of rotatable bonds is 3. The molecule has 1 aliphatic heterocycles. The Morgan fingerprint density at radius 1 is 1.20 bits per heavy atom. The van der Waals surface area contributed by atoms with Gasteiger partial charge >= 0.3 is 0 Å². The third-order valence-electron chi connectivity index (χ3n) is 2.93. The van der Waals surface area contributed by atoms with E-state index in [-0.39, 0.29) is 0 Å². The van der Waals surface area contributed by atoms with Crippen LogP contribution in [0.3, 0.4) is 0 Å². The molecule has 2 nitrogen and oxygen atoms in total. The Bertz CT molecular complexity index is 276. The minimum absolute atomic E-state index is 0.937. The quantitative estimate of drug-likeness (QED) is 0.760. The van der Waals surface area contributed by atoms with Crippen LogP contribution in [0.5, 0.6) is 0 Å². The summed E-state index contributed by atoms with van der Waals surface area (Å²) in [5.74, 6) is 0. The molecule has 0 aromatic carbocycles. The molecule has 0 spiro atoms. The predicted molar refractivity (Wildman–Crippen MR) is 64.2 cm³/mol. The van der Waals surface area contributed by atoms with Crippen LogP contribution in [0.15, 0.2) is 36.2 Å². The van der Waals surface area contributed by atoms with Gasteiger partial charge in [0.1, 0.15) is 0 Å². The van der Waals surface area contributed by atoms with Gasteiger partial charge in [-0.25, -0.2) is 0 Å². The topological polar surface area (TPSA) is 15.3 Å². The second-order valence-electron chi connectivity index (χ2n) is 4.20.